The van der Waals surface area contributed by atoms with Gasteiger partial charge in [-0.3, -0.25) is 14.3 Å². The van der Waals surface area contributed by atoms with E-state index in [0.717, 1.165) is 33.2 Å². The highest BCUT2D eigenvalue weighted by Crippen LogP contribution is 2.35. The molecular formula is C23H15ClF3N5O. The molecule has 0 N–H and O–H groups in total. The molecule has 2 aromatic carbocycles. The van der Waals surface area contributed by atoms with Gasteiger partial charge in [-0.15, -0.1) is 5.10 Å². The standard InChI is InChI=1S/C23H15ClF3N5O/c1-13(14-4-7-19-15(11-14)3-2-9-28-19)32-21-20(29-30-32)8-10-31(22(21)33)16-5-6-18(24)17(12-16)23(25,26)27/h2-13H,1H3. The zero-order valence-electron chi connectivity index (χ0n) is 17.1. The molecule has 0 fully saturated rings. The Morgan fingerprint density at radius 1 is 1.03 bits per heavy atom. The first-order valence-electron chi connectivity index (χ1n) is 9.92. The van der Waals surface area contributed by atoms with Gasteiger partial charge in [0.1, 0.15) is 5.52 Å². The SMILES string of the molecule is CC(c1ccc2ncccc2c1)n1nnc2ccn(-c3ccc(Cl)c(C(F)(F)F)c3)c(=O)c21. The van der Waals surface area contributed by atoms with Crippen molar-refractivity contribution in [2.45, 2.75) is 19.1 Å². The Hall–Kier alpha value is -3.72. The molecule has 0 aliphatic carbocycles. The van der Waals surface area contributed by atoms with Gasteiger partial charge in [0, 0.05) is 23.5 Å². The molecule has 10 heteroatoms. The summed E-state index contributed by atoms with van der Waals surface area (Å²) in [5.74, 6) is 0. The number of fused-ring (bicyclic) bond motifs is 2. The molecule has 5 rings (SSSR count). The van der Waals surface area contributed by atoms with E-state index in [-0.39, 0.29) is 17.2 Å². The Labute approximate surface area is 189 Å². The summed E-state index contributed by atoms with van der Waals surface area (Å²) >= 11 is 5.73. The number of halogens is 4. The predicted octanol–water partition coefficient (Wildman–Crippen LogP) is 5.41. The van der Waals surface area contributed by atoms with Crippen LogP contribution in [0.2, 0.25) is 5.02 Å². The van der Waals surface area contributed by atoms with Crippen LogP contribution in [-0.4, -0.2) is 24.5 Å². The Morgan fingerprint density at radius 3 is 2.64 bits per heavy atom. The number of pyridine rings is 2. The minimum absolute atomic E-state index is 0.0378. The van der Waals surface area contributed by atoms with Crippen molar-refractivity contribution < 1.29 is 13.2 Å². The molecule has 0 amide bonds. The molecule has 166 valence electrons. The third-order valence-electron chi connectivity index (χ3n) is 5.53. The summed E-state index contributed by atoms with van der Waals surface area (Å²) in [6, 6.07) is 14.0. The lowest BCUT2D eigenvalue weighted by Gasteiger charge is -2.15. The van der Waals surface area contributed by atoms with Crippen LogP contribution in [0.3, 0.4) is 0 Å². The second-order valence-electron chi connectivity index (χ2n) is 7.55. The van der Waals surface area contributed by atoms with Crippen LogP contribution in [0.1, 0.15) is 24.1 Å². The Kier molecular flexibility index (Phi) is 4.93. The van der Waals surface area contributed by atoms with Gasteiger partial charge in [0.15, 0.2) is 5.52 Å². The Balaban J connectivity index is 1.64. The van der Waals surface area contributed by atoms with Gasteiger partial charge in [0.2, 0.25) is 0 Å². The molecule has 5 aromatic rings. The lowest BCUT2D eigenvalue weighted by atomic mass is 10.1. The van der Waals surface area contributed by atoms with E-state index in [2.05, 4.69) is 15.3 Å². The molecule has 0 saturated heterocycles. The van der Waals surface area contributed by atoms with Crippen LogP contribution in [-0.2, 0) is 6.18 Å². The van der Waals surface area contributed by atoms with Crippen molar-refractivity contribution in [3.8, 4) is 5.69 Å². The summed E-state index contributed by atoms with van der Waals surface area (Å²) in [4.78, 5) is 17.6. The average Bonchev–Trinajstić information content (AvgIpc) is 3.23. The fraction of sp³-hybridized carbons (Fsp3) is 0.130. The van der Waals surface area contributed by atoms with Gasteiger partial charge in [-0.25, -0.2) is 4.68 Å². The van der Waals surface area contributed by atoms with Crippen molar-refractivity contribution in [1.82, 2.24) is 24.5 Å². The van der Waals surface area contributed by atoms with Crippen molar-refractivity contribution in [2.75, 3.05) is 0 Å². The van der Waals surface area contributed by atoms with Crippen molar-refractivity contribution in [1.29, 1.82) is 0 Å². The third kappa shape index (κ3) is 3.64. The largest absolute Gasteiger partial charge is 0.417 e. The monoisotopic (exact) mass is 469 g/mol. The van der Waals surface area contributed by atoms with Crippen LogP contribution in [0.4, 0.5) is 13.2 Å². The van der Waals surface area contributed by atoms with Crippen molar-refractivity contribution >= 4 is 33.5 Å². The number of alkyl halides is 3. The van der Waals surface area contributed by atoms with E-state index < -0.39 is 22.3 Å². The van der Waals surface area contributed by atoms with Crippen LogP contribution in [0.25, 0.3) is 27.6 Å². The minimum atomic E-state index is -4.65. The first kappa shape index (κ1) is 21.1. The molecule has 3 aromatic heterocycles. The number of nitrogens with zero attached hydrogens (tertiary/aromatic N) is 5. The zero-order valence-corrected chi connectivity index (χ0v) is 17.8. The van der Waals surface area contributed by atoms with Gasteiger partial charge < -0.3 is 0 Å². The van der Waals surface area contributed by atoms with Gasteiger partial charge >= 0.3 is 6.18 Å². The van der Waals surface area contributed by atoms with Gasteiger partial charge in [-0.1, -0.05) is 28.9 Å². The molecule has 1 unspecified atom stereocenters. The molecule has 0 aliphatic rings. The predicted molar refractivity (Wildman–Crippen MR) is 119 cm³/mol. The van der Waals surface area contributed by atoms with E-state index >= 15 is 0 Å². The number of hydrogen-bond donors (Lipinski definition) is 0. The first-order valence-corrected chi connectivity index (χ1v) is 10.3. The van der Waals surface area contributed by atoms with Crippen LogP contribution in [0, 0.1) is 0 Å². The van der Waals surface area contributed by atoms with Gasteiger partial charge in [-0.05, 0) is 55.0 Å². The van der Waals surface area contributed by atoms with E-state index in [1.807, 2.05) is 37.3 Å². The highest BCUT2D eigenvalue weighted by Gasteiger charge is 2.33. The second-order valence-corrected chi connectivity index (χ2v) is 7.96. The maximum absolute atomic E-state index is 13.3. The number of hydrogen-bond acceptors (Lipinski definition) is 4. The summed E-state index contributed by atoms with van der Waals surface area (Å²) in [5.41, 5.74) is 0.720. The van der Waals surface area contributed by atoms with Crippen LogP contribution in [0.15, 0.2) is 71.8 Å². The lowest BCUT2D eigenvalue weighted by molar-refractivity contribution is -0.137. The highest BCUT2D eigenvalue weighted by atomic mass is 35.5. The van der Waals surface area contributed by atoms with E-state index in [1.165, 1.54) is 16.9 Å². The van der Waals surface area contributed by atoms with E-state index in [0.29, 0.717) is 5.52 Å². The van der Waals surface area contributed by atoms with E-state index in [4.69, 9.17) is 11.6 Å². The molecule has 0 aliphatic heterocycles. The molecule has 0 radical (unpaired) electrons. The molecule has 33 heavy (non-hydrogen) atoms. The fourth-order valence-electron chi connectivity index (χ4n) is 3.80. The summed E-state index contributed by atoms with van der Waals surface area (Å²) in [7, 11) is 0. The van der Waals surface area contributed by atoms with Crippen LogP contribution < -0.4 is 5.56 Å². The number of rotatable bonds is 3. The van der Waals surface area contributed by atoms with Gasteiger partial charge in [0.05, 0.1) is 22.1 Å². The Morgan fingerprint density at radius 2 is 1.85 bits per heavy atom. The number of benzene rings is 2. The summed E-state index contributed by atoms with van der Waals surface area (Å²) in [6.45, 7) is 1.87. The van der Waals surface area contributed by atoms with Gasteiger partial charge in [-0.2, -0.15) is 13.2 Å². The van der Waals surface area contributed by atoms with Crippen molar-refractivity contribution in [3.63, 3.8) is 0 Å². The smallest absolute Gasteiger partial charge is 0.282 e. The molecule has 0 saturated carbocycles. The summed E-state index contributed by atoms with van der Waals surface area (Å²) in [6.07, 6.45) is -1.57. The molecule has 0 spiro atoms. The summed E-state index contributed by atoms with van der Waals surface area (Å²) in [5, 5.41) is 8.73. The zero-order chi connectivity index (χ0) is 23.3. The molecule has 6 nitrogen and oxygen atoms in total. The quantitative estimate of drug-likeness (QED) is 0.354. The minimum Gasteiger partial charge on any atom is -0.282 e. The first-order chi connectivity index (χ1) is 15.7. The van der Waals surface area contributed by atoms with Crippen molar-refractivity contribution in [3.05, 3.63) is 93.5 Å². The average molecular weight is 470 g/mol. The van der Waals surface area contributed by atoms with Crippen LogP contribution >= 0.6 is 11.6 Å². The highest BCUT2D eigenvalue weighted by molar-refractivity contribution is 6.31. The molecular weight excluding hydrogens is 455 g/mol. The topological polar surface area (TPSA) is 65.6 Å². The lowest BCUT2D eigenvalue weighted by Crippen LogP contribution is -2.22. The Bertz CT molecular complexity index is 1570. The molecule has 3 heterocycles. The normalized spacial score (nSPS) is 13.0. The number of aromatic nitrogens is 5. The maximum Gasteiger partial charge on any atom is 0.417 e. The summed E-state index contributed by atoms with van der Waals surface area (Å²) < 4.78 is 42.6. The van der Waals surface area contributed by atoms with E-state index in [9.17, 15) is 18.0 Å². The van der Waals surface area contributed by atoms with Crippen molar-refractivity contribution in [2.24, 2.45) is 0 Å². The fourth-order valence-corrected chi connectivity index (χ4v) is 4.03. The molecule has 1 atom stereocenters. The molecule has 0 bridgehead atoms. The third-order valence-corrected chi connectivity index (χ3v) is 5.86. The maximum atomic E-state index is 13.3. The van der Waals surface area contributed by atoms with Crippen LogP contribution in [0.5, 0.6) is 0 Å². The second kappa shape index (κ2) is 7.70. The van der Waals surface area contributed by atoms with E-state index in [1.54, 1.807) is 12.3 Å². The van der Waals surface area contributed by atoms with Gasteiger partial charge in [0.25, 0.3) is 5.56 Å².